The Labute approximate surface area is 168 Å². The molecule has 1 unspecified atom stereocenters. The van der Waals surface area contributed by atoms with Crippen LogP contribution in [0.15, 0.2) is 27.8 Å². The van der Waals surface area contributed by atoms with Crippen molar-refractivity contribution in [2.75, 3.05) is 32.8 Å². The van der Waals surface area contributed by atoms with Crippen LogP contribution in [0.25, 0.3) is 0 Å². The summed E-state index contributed by atoms with van der Waals surface area (Å²) in [4.78, 5) is 7.35. The Morgan fingerprint density at radius 1 is 1.40 bits per heavy atom. The van der Waals surface area contributed by atoms with E-state index < -0.39 is 0 Å². The van der Waals surface area contributed by atoms with Crippen molar-refractivity contribution in [3.05, 3.63) is 24.2 Å². The third-order valence-electron chi connectivity index (χ3n) is 5.47. The van der Waals surface area contributed by atoms with Crippen LogP contribution in [0.3, 0.4) is 0 Å². The molecule has 142 valence electrons. The zero-order valence-electron chi connectivity index (χ0n) is 15.5. The van der Waals surface area contributed by atoms with Crippen molar-refractivity contribution in [1.82, 2.24) is 10.2 Å². The first kappa shape index (κ1) is 20.6. The molecule has 0 amide bonds. The van der Waals surface area contributed by atoms with E-state index in [1.165, 1.54) is 12.8 Å². The summed E-state index contributed by atoms with van der Waals surface area (Å²) in [6.07, 6.45) is 7.18. The number of furan rings is 1. The molecular weight excluding hydrogens is 429 g/mol. The van der Waals surface area contributed by atoms with Crippen LogP contribution >= 0.6 is 24.0 Å². The topological polar surface area (TPSA) is 50.0 Å². The Morgan fingerprint density at radius 3 is 2.84 bits per heavy atom. The van der Waals surface area contributed by atoms with E-state index in [1.54, 1.807) is 6.26 Å². The highest BCUT2D eigenvalue weighted by molar-refractivity contribution is 14.0. The van der Waals surface area contributed by atoms with Crippen LogP contribution in [0.1, 0.15) is 45.3 Å². The number of rotatable bonds is 5. The highest BCUT2D eigenvalue weighted by Crippen LogP contribution is 2.33. The highest BCUT2D eigenvalue weighted by atomic mass is 127. The van der Waals surface area contributed by atoms with E-state index in [1.807, 2.05) is 12.1 Å². The van der Waals surface area contributed by atoms with E-state index in [0.29, 0.717) is 11.5 Å². The van der Waals surface area contributed by atoms with E-state index in [0.717, 1.165) is 63.8 Å². The van der Waals surface area contributed by atoms with Crippen molar-refractivity contribution < 1.29 is 9.15 Å². The van der Waals surface area contributed by atoms with Gasteiger partial charge in [-0.1, -0.05) is 13.8 Å². The van der Waals surface area contributed by atoms with Gasteiger partial charge in [0.05, 0.1) is 6.26 Å². The second-order valence-corrected chi connectivity index (χ2v) is 7.40. The van der Waals surface area contributed by atoms with E-state index in [9.17, 15) is 0 Å². The smallest absolute Gasteiger partial charge is 0.194 e. The maximum absolute atomic E-state index is 5.48. The molecule has 0 aromatic carbocycles. The van der Waals surface area contributed by atoms with Gasteiger partial charge in [-0.2, -0.15) is 0 Å². The van der Waals surface area contributed by atoms with Crippen LogP contribution < -0.4 is 5.32 Å². The number of hydrogen-bond acceptors (Lipinski definition) is 3. The second-order valence-electron chi connectivity index (χ2n) is 7.40. The van der Waals surface area contributed by atoms with E-state index in [-0.39, 0.29) is 24.0 Å². The van der Waals surface area contributed by atoms with Gasteiger partial charge in [-0.05, 0) is 43.2 Å². The van der Waals surface area contributed by atoms with Gasteiger partial charge in [-0.15, -0.1) is 24.0 Å². The molecule has 5 nitrogen and oxygen atoms in total. The molecule has 2 aliphatic heterocycles. The molecular formula is C19H32IN3O2. The molecule has 0 saturated carbocycles. The molecule has 0 bridgehead atoms. The number of guanidine groups is 1. The fraction of sp³-hybridized carbons (Fsp3) is 0.737. The average molecular weight is 461 g/mol. The Bertz CT molecular complexity index is 529. The van der Waals surface area contributed by atoms with Gasteiger partial charge < -0.3 is 19.4 Å². The van der Waals surface area contributed by atoms with Crippen LogP contribution in [0.4, 0.5) is 0 Å². The lowest BCUT2D eigenvalue weighted by Gasteiger charge is -2.30. The van der Waals surface area contributed by atoms with Crippen LogP contribution in [-0.4, -0.2) is 49.7 Å². The standard InChI is InChI=1S/C19H31N3O2.HI/c1-3-19(2)9-11-22(15-19)18(21-16-7-13-23-14-8-16)20-10-6-17-5-4-12-24-17;/h4-5,12,16H,3,6-11,13-15H2,1-2H3,(H,20,21);1H. The van der Waals surface area contributed by atoms with Gasteiger partial charge >= 0.3 is 0 Å². The van der Waals surface area contributed by atoms with Crippen LogP contribution in [0.2, 0.25) is 0 Å². The number of nitrogens with one attached hydrogen (secondary N) is 1. The quantitative estimate of drug-likeness (QED) is 0.413. The highest BCUT2D eigenvalue weighted by Gasteiger charge is 2.34. The first-order valence-corrected chi connectivity index (χ1v) is 9.34. The van der Waals surface area contributed by atoms with Gasteiger partial charge in [-0.3, -0.25) is 4.99 Å². The molecule has 25 heavy (non-hydrogen) atoms. The number of likely N-dealkylation sites (tertiary alicyclic amines) is 1. The second kappa shape index (κ2) is 9.80. The molecule has 1 aromatic heterocycles. The lowest BCUT2D eigenvalue weighted by molar-refractivity contribution is 0.0816. The number of halogens is 1. The number of ether oxygens (including phenoxy) is 1. The van der Waals surface area contributed by atoms with E-state index in [4.69, 9.17) is 14.1 Å². The summed E-state index contributed by atoms with van der Waals surface area (Å²) in [6.45, 7) is 9.34. The summed E-state index contributed by atoms with van der Waals surface area (Å²) in [7, 11) is 0. The SMILES string of the molecule is CCC1(C)CCN(C(=NCCc2ccco2)NC2CCOCC2)C1.I. The van der Waals surface area contributed by atoms with Gasteiger partial charge in [0.15, 0.2) is 5.96 Å². The molecule has 3 rings (SSSR count). The number of aliphatic imine (C=N–C) groups is 1. The molecule has 3 heterocycles. The molecule has 6 heteroatoms. The Morgan fingerprint density at radius 2 is 2.20 bits per heavy atom. The molecule has 1 N–H and O–H groups in total. The van der Waals surface area contributed by atoms with Gasteiger partial charge in [0.2, 0.25) is 0 Å². The average Bonchev–Trinajstić information content (AvgIpc) is 3.25. The molecule has 0 aliphatic carbocycles. The number of nitrogens with zero attached hydrogens (tertiary/aromatic N) is 2. The van der Waals surface area contributed by atoms with Crippen LogP contribution in [0, 0.1) is 5.41 Å². The normalized spacial score (nSPS) is 25.0. The minimum absolute atomic E-state index is 0. The summed E-state index contributed by atoms with van der Waals surface area (Å²) in [5.74, 6) is 2.08. The van der Waals surface area contributed by atoms with Crippen molar-refractivity contribution in [2.45, 2.75) is 52.0 Å². The van der Waals surface area contributed by atoms with Gasteiger partial charge in [0, 0.05) is 45.3 Å². The zero-order chi connectivity index (χ0) is 16.8. The van der Waals surface area contributed by atoms with E-state index in [2.05, 4.69) is 24.1 Å². The largest absolute Gasteiger partial charge is 0.469 e. The first-order chi connectivity index (χ1) is 11.7. The summed E-state index contributed by atoms with van der Waals surface area (Å²) in [5.41, 5.74) is 0.416. The maximum atomic E-state index is 5.48. The molecule has 0 spiro atoms. The fourth-order valence-corrected chi connectivity index (χ4v) is 3.48. The first-order valence-electron chi connectivity index (χ1n) is 9.34. The van der Waals surface area contributed by atoms with Crippen LogP contribution in [0.5, 0.6) is 0 Å². The minimum Gasteiger partial charge on any atom is -0.469 e. The predicted molar refractivity (Wildman–Crippen MR) is 112 cm³/mol. The molecule has 1 atom stereocenters. The fourth-order valence-electron chi connectivity index (χ4n) is 3.48. The third-order valence-corrected chi connectivity index (χ3v) is 5.47. The van der Waals surface area contributed by atoms with Crippen molar-refractivity contribution in [1.29, 1.82) is 0 Å². The summed E-state index contributed by atoms with van der Waals surface area (Å²) >= 11 is 0. The van der Waals surface area contributed by atoms with Gasteiger partial charge in [0.25, 0.3) is 0 Å². The summed E-state index contributed by atoms with van der Waals surface area (Å²) in [5, 5.41) is 3.71. The lowest BCUT2D eigenvalue weighted by atomic mass is 9.87. The lowest BCUT2D eigenvalue weighted by Crippen LogP contribution is -2.47. The summed E-state index contributed by atoms with van der Waals surface area (Å²) < 4.78 is 10.9. The maximum Gasteiger partial charge on any atom is 0.194 e. The predicted octanol–water partition coefficient (Wildman–Crippen LogP) is 3.69. The van der Waals surface area contributed by atoms with Crippen molar-refractivity contribution >= 4 is 29.9 Å². The zero-order valence-corrected chi connectivity index (χ0v) is 17.8. The molecule has 0 radical (unpaired) electrons. The van der Waals surface area contributed by atoms with Gasteiger partial charge in [0.1, 0.15) is 5.76 Å². The van der Waals surface area contributed by atoms with Gasteiger partial charge in [-0.25, -0.2) is 0 Å². The monoisotopic (exact) mass is 461 g/mol. The Balaban J connectivity index is 0.00000225. The number of hydrogen-bond donors (Lipinski definition) is 1. The minimum atomic E-state index is 0. The van der Waals surface area contributed by atoms with E-state index >= 15 is 0 Å². The molecule has 2 fully saturated rings. The Kier molecular flexibility index (Phi) is 8.06. The van der Waals surface area contributed by atoms with Crippen LogP contribution in [-0.2, 0) is 11.2 Å². The molecule has 1 aromatic rings. The molecule has 2 saturated heterocycles. The van der Waals surface area contributed by atoms with Crippen molar-refractivity contribution in [2.24, 2.45) is 10.4 Å². The Hall–Kier alpha value is -0.760. The summed E-state index contributed by atoms with van der Waals surface area (Å²) in [6, 6.07) is 4.44. The molecule has 2 aliphatic rings. The third kappa shape index (κ3) is 5.88. The van der Waals surface area contributed by atoms with Crippen molar-refractivity contribution in [3.8, 4) is 0 Å². The van der Waals surface area contributed by atoms with Crippen molar-refractivity contribution in [3.63, 3.8) is 0 Å².